The standard InChI is InChI=1S/C11H18O4/c1-4-6-9(11(14)15-5-2)7-10(13)8(3)12/h9H,4-7H2,1-3H3. The lowest BCUT2D eigenvalue weighted by atomic mass is 9.96. The summed E-state index contributed by atoms with van der Waals surface area (Å²) in [6.45, 7) is 5.15. The molecule has 1 unspecified atom stereocenters. The van der Waals surface area contributed by atoms with E-state index in [2.05, 4.69) is 0 Å². The van der Waals surface area contributed by atoms with E-state index in [4.69, 9.17) is 4.74 Å². The molecule has 86 valence electrons. The van der Waals surface area contributed by atoms with Crippen LogP contribution in [-0.2, 0) is 19.1 Å². The molecule has 0 N–H and O–H groups in total. The van der Waals surface area contributed by atoms with Crippen LogP contribution >= 0.6 is 0 Å². The van der Waals surface area contributed by atoms with Gasteiger partial charge in [0, 0.05) is 13.3 Å². The van der Waals surface area contributed by atoms with E-state index in [1.165, 1.54) is 6.92 Å². The molecule has 0 aromatic heterocycles. The Morgan fingerprint density at radius 1 is 1.20 bits per heavy atom. The maximum absolute atomic E-state index is 11.4. The Balaban J connectivity index is 4.32. The molecule has 0 heterocycles. The highest BCUT2D eigenvalue weighted by molar-refractivity contribution is 6.36. The van der Waals surface area contributed by atoms with Crippen molar-refractivity contribution in [1.82, 2.24) is 0 Å². The van der Waals surface area contributed by atoms with E-state index in [0.717, 1.165) is 6.42 Å². The number of rotatable bonds is 7. The molecule has 0 aromatic rings. The van der Waals surface area contributed by atoms with Gasteiger partial charge < -0.3 is 4.74 Å². The van der Waals surface area contributed by atoms with Gasteiger partial charge in [0.05, 0.1) is 12.5 Å². The van der Waals surface area contributed by atoms with Gasteiger partial charge in [-0.05, 0) is 13.3 Å². The number of esters is 1. The minimum atomic E-state index is -0.500. The van der Waals surface area contributed by atoms with E-state index < -0.39 is 17.5 Å². The number of carbonyl (C=O) groups excluding carboxylic acids is 3. The largest absolute Gasteiger partial charge is 0.466 e. The van der Waals surface area contributed by atoms with E-state index in [9.17, 15) is 14.4 Å². The van der Waals surface area contributed by atoms with E-state index in [1.54, 1.807) is 6.92 Å². The molecule has 0 spiro atoms. The van der Waals surface area contributed by atoms with E-state index in [0.29, 0.717) is 13.0 Å². The van der Waals surface area contributed by atoms with Gasteiger partial charge in [0.25, 0.3) is 0 Å². The second-order valence-electron chi connectivity index (χ2n) is 3.42. The van der Waals surface area contributed by atoms with Crippen molar-refractivity contribution >= 4 is 17.5 Å². The molecule has 1 atom stereocenters. The Kier molecular flexibility index (Phi) is 6.58. The molecule has 0 saturated heterocycles. The van der Waals surface area contributed by atoms with Crippen LogP contribution in [0.1, 0.15) is 40.0 Å². The van der Waals surface area contributed by atoms with Crippen LogP contribution in [0.2, 0.25) is 0 Å². The average molecular weight is 214 g/mol. The predicted molar refractivity (Wildman–Crippen MR) is 55.3 cm³/mol. The third-order valence-corrected chi connectivity index (χ3v) is 2.08. The minimum absolute atomic E-state index is 0.0258. The quantitative estimate of drug-likeness (QED) is 0.476. The molecular formula is C11H18O4. The van der Waals surface area contributed by atoms with Crippen LogP contribution in [0.15, 0.2) is 0 Å². The number of hydrogen-bond acceptors (Lipinski definition) is 4. The summed E-state index contributed by atoms with van der Waals surface area (Å²) in [6, 6.07) is 0. The Labute approximate surface area is 90.0 Å². The summed E-state index contributed by atoms with van der Waals surface area (Å²) >= 11 is 0. The smallest absolute Gasteiger partial charge is 0.309 e. The van der Waals surface area contributed by atoms with Crippen LogP contribution in [0.5, 0.6) is 0 Å². The molecule has 0 aromatic carbocycles. The third kappa shape index (κ3) is 5.30. The number of hydrogen-bond donors (Lipinski definition) is 0. The first-order valence-electron chi connectivity index (χ1n) is 5.23. The topological polar surface area (TPSA) is 60.4 Å². The highest BCUT2D eigenvalue weighted by Crippen LogP contribution is 2.14. The summed E-state index contributed by atoms with van der Waals surface area (Å²) in [5.74, 6) is -1.85. The van der Waals surface area contributed by atoms with Crippen LogP contribution in [0.3, 0.4) is 0 Å². The number of ketones is 2. The molecule has 4 nitrogen and oxygen atoms in total. The SMILES string of the molecule is CCCC(CC(=O)C(C)=O)C(=O)OCC. The lowest BCUT2D eigenvalue weighted by Gasteiger charge is -2.12. The first kappa shape index (κ1) is 13.8. The van der Waals surface area contributed by atoms with E-state index in [1.807, 2.05) is 6.92 Å². The third-order valence-electron chi connectivity index (χ3n) is 2.08. The van der Waals surface area contributed by atoms with Crippen molar-refractivity contribution in [3.8, 4) is 0 Å². The Hall–Kier alpha value is -1.19. The summed E-state index contributed by atoms with van der Waals surface area (Å²) in [4.78, 5) is 33.3. The second kappa shape index (κ2) is 7.15. The van der Waals surface area contributed by atoms with Crippen molar-refractivity contribution in [3.05, 3.63) is 0 Å². The molecule has 0 rings (SSSR count). The fraction of sp³-hybridized carbons (Fsp3) is 0.727. The van der Waals surface area contributed by atoms with Crippen molar-refractivity contribution in [3.63, 3.8) is 0 Å². The highest BCUT2D eigenvalue weighted by atomic mass is 16.5. The van der Waals surface area contributed by atoms with Crippen LogP contribution in [0, 0.1) is 5.92 Å². The molecule has 0 amide bonds. The maximum Gasteiger partial charge on any atom is 0.309 e. The van der Waals surface area contributed by atoms with Gasteiger partial charge in [-0.15, -0.1) is 0 Å². The first-order chi connectivity index (χ1) is 7.02. The van der Waals surface area contributed by atoms with Gasteiger partial charge in [-0.3, -0.25) is 14.4 Å². The molecule has 4 heteroatoms. The Morgan fingerprint density at radius 3 is 2.20 bits per heavy atom. The summed E-state index contributed by atoms with van der Waals surface area (Å²) in [7, 11) is 0. The average Bonchev–Trinajstić information content (AvgIpc) is 2.17. The normalized spacial score (nSPS) is 11.9. The molecule has 15 heavy (non-hydrogen) atoms. The Bertz CT molecular complexity index is 245. The highest BCUT2D eigenvalue weighted by Gasteiger charge is 2.23. The van der Waals surface area contributed by atoms with Gasteiger partial charge in [0.1, 0.15) is 0 Å². The van der Waals surface area contributed by atoms with Crippen LogP contribution < -0.4 is 0 Å². The van der Waals surface area contributed by atoms with Gasteiger partial charge in [-0.25, -0.2) is 0 Å². The maximum atomic E-state index is 11.4. The van der Waals surface area contributed by atoms with Crippen molar-refractivity contribution in [2.24, 2.45) is 5.92 Å². The zero-order valence-electron chi connectivity index (χ0n) is 9.54. The van der Waals surface area contributed by atoms with E-state index in [-0.39, 0.29) is 12.4 Å². The molecular weight excluding hydrogens is 196 g/mol. The number of ether oxygens (including phenoxy) is 1. The zero-order chi connectivity index (χ0) is 11.8. The summed E-state index contributed by atoms with van der Waals surface area (Å²) in [5, 5.41) is 0. The van der Waals surface area contributed by atoms with Crippen molar-refractivity contribution in [1.29, 1.82) is 0 Å². The molecule has 0 radical (unpaired) electrons. The van der Waals surface area contributed by atoms with Gasteiger partial charge in [0.2, 0.25) is 0 Å². The van der Waals surface area contributed by atoms with Gasteiger partial charge in [-0.1, -0.05) is 13.3 Å². The second-order valence-corrected chi connectivity index (χ2v) is 3.42. The van der Waals surface area contributed by atoms with Crippen LogP contribution in [0.25, 0.3) is 0 Å². The number of Topliss-reactive ketones (excluding diaryl/α,β-unsaturated/α-hetero) is 2. The minimum Gasteiger partial charge on any atom is -0.466 e. The molecule has 0 fully saturated rings. The Morgan fingerprint density at radius 2 is 1.80 bits per heavy atom. The lowest BCUT2D eigenvalue weighted by Crippen LogP contribution is -2.23. The molecule has 0 saturated carbocycles. The molecule has 0 aliphatic rings. The van der Waals surface area contributed by atoms with Crippen molar-refractivity contribution in [2.45, 2.75) is 40.0 Å². The summed E-state index contributed by atoms with van der Waals surface area (Å²) < 4.78 is 4.83. The molecule has 0 bridgehead atoms. The predicted octanol–water partition coefficient (Wildman–Crippen LogP) is 1.51. The molecule has 0 aliphatic heterocycles. The van der Waals surface area contributed by atoms with E-state index >= 15 is 0 Å². The van der Waals surface area contributed by atoms with Gasteiger partial charge >= 0.3 is 5.97 Å². The number of carbonyl (C=O) groups is 3. The van der Waals surface area contributed by atoms with Gasteiger partial charge in [0.15, 0.2) is 11.6 Å². The fourth-order valence-corrected chi connectivity index (χ4v) is 1.28. The van der Waals surface area contributed by atoms with Crippen LogP contribution in [0.4, 0.5) is 0 Å². The summed E-state index contributed by atoms with van der Waals surface area (Å²) in [6.07, 6.45) is 1.34. The van der Waals surface area contributed by atoms with Gasteiger partial charge in [-0.2, -0.15) is 0 Å². The lowest BCUT2D eigenvalue weighted by molar-refractivity contribution is -0.150. The fourth-order valence-electron chi connectivity index (χ4n) is 1.28. The van der Waals surface area contributed by atoms with Crippen molar-refractivity contribution in [2.75, 3.05) is 6.61 Å². The molecule has 0 aliphatic carbocycles. The monoisotopic (exact) mass is 214 g/mol. The first-order valence-corrected chi connectivity index (χ1v) is 5.23. The zero-order valence-corrected chi connectivity index (χ0v) is 9.54. The van der Waals surface area contributed by atoms with Crippen molar-refractivity contribution < 1.29 is 19.1 Å². The summed E-state index contributed by atoms with van der Waals surface area (Å²) in [5.41, 5.74) is 0. The van der Waals surface area contributed by atoms with Crippen LogP contribution in [-0.4, -0.2) is 24.1 Å².